The summed E-state index contributed by atoms with van der Waals surface area (Å²) in [5.74, 6) is 20.7. The maximum absolute atomic E-state index is 15.8. The smallest absolute Gasteiger partial charge is 0.195 e. The van der Waals surface area contributed by atoms with Gasteiger partial charge in [0.25, 0.3) is 0 Å². The number of para-hydroxylation sites is 2. The molecular weight excluding hydrogens is 781 g/mol. The first-order valence-electron chi connectivity index (χ1n) is 20.6. The number of allylic oxidation sites excluding steroid dienone is 4. The highest BCUT2D eigenvalue weighted by Crippen LogP contribution is 2.53. The van der Waals surface area contributed by atoms with Crippen LogP contribution in [0.15, 0.2) is 206 Å². The molecule has 0 atom stereocenters. The number of ketones is 1. The van der Waals surface area contributed by atoms with Crippen LogP contribution in [0.25, 0.3) is 22.3 Å². The molecule has 0 saturated carbocycles. The summed E-state index contributed by atoms with van der Waals surface area (Å²) in [5, 5.41) is 0. The van der Waals surface area contributed by atoms with Crippen molar-refractivity contribution in [3.05, 3.63) is 262 Å². The molecule has 1 aliphatic rings. The molecule has 0 heterocycles. The van der Waals surface area contributed by atoms with Crippen molar-refractivity contribution >= 4 is 28.1 Å². The largest absolute Gasteiger partial charge is 0.457 e. The second-order valence-electron chi connectivity index (χ2n) is 14.8. The number of terminal acetylenes is 2. The zero-order valence-corrected chi connectivity index (χ0v) is 34.5. The zero-order valence-electron chi connectivity index (χ0n) is 34.5. The molecule has 298 valence electrons. The van der Waals surface area contributed by atoms with E-state index in [1.807, 2.05) is 206 Å². The van der Waals surface area contributed by atoms with Gasteiger partial charge in [0.05, 0.1) is 0 Å². The average molecular weight is 817 g/mol. The molecular formula is C61H36O3. The van der Waals surface area contributed by atoms with Gasteiger partial charge < -0.3 is 9.47 Å². The van der Waals surface area contributed by atoms with Gasteiger partial charge in [-0.25, -0.2) is 0 Å². The first-order chi connectivity index (χ1) is 31.5. The second kappa shape index (κ2) is 18.6. The SMILES string of the molecule is C#Cc1ccc(Oc2ccccc2C2=C(c3cccc(C#Cc4ccccc4)c3)C(=O)C(c3cccc(C#Cc4ccccc4)c3)=C2c2ccccc2Oc2ccc(C#C)cc2)cc1. The molecule has 0 bridgehead atoms. The van der Waals surface area contributed by atoms with Crippen molar-refractivity contribution in [1.82, 2.24) is 0 Å². The fourth-order valence-electron chi connectivity index (χ4n) is 7.54. The zero-order chi connectivity index (χ0) is 43.7. The number of Topliss-reactive ketones (excluding diaryl/α,β-unsaturated/α-hetero) is 1. The van der Waals surface area contributed by atoms with Crippen molar-refractivity contribution in [3.8, 4) is 71.4 Å². The van der Waals surface area contributed by atoms with E-state index in [0.717, 1.165) is 33.4 Å². The molecule has 9 rings (SSSR count). The molecule has 1 aliphatic carbocycles. The van der Waals surface area contributed by atoms with E-state index in [9.17, 15) is 0 Å². The summed E-state index contributed by atoms with van der Waals surface area (Å²) in [6, 6.07) is 65.5. The molecule has 0 radical (unpaired) electrons. The second-order valence-corrected chi connectivity index (χ2v) is 14.8. The van der Waals surface area contributed by atoms with Gasteiger partial charge >= 0.3 is 0 Å². The average Bonchev–Trinajstić information content (AvgIpc) is 3.66. The van der Waals surface area contributed by atoms with Crippen molar-refractivity contribution < 1.29 is 14.3 Å². The summed E-state index contributed by atoms with van der Waals surface area (Å²) in [5.41, 5.74) is 9.87. The van der Waals surface area contributed by atoms with Crippen LogP contribution >= 0.6 is 0 Å². The Morgan fingerprint density at radius 1 is 0.328 bits per heavy atom. The lowest BCUT2D eigenvalue weighted by Gasteiger charge is -2.19. The Labute approximate surface area is 374 Å². The molecule has 0 fully saturated rings. The van der Waals surface area contributed by atoms with Crippen LogP contribution in [0.1, 0.15) is 55.6 Å². The molecule has 0 aromatic heterocycles. The van der Waals surface area contributed by atoms with E-state index in [1.54, 1.807) is 0 Å². The predicted molar refractivity (Wildman–Crippen MR) is 258 cm³/mol. The molecule has 64 heavy (non-hydrogen) atoms. The number of carbonyl (C=O) groups is 1. The summed E-state index contributed by atoms with van der Waals surface area (Å²) in [6.07, 6.45) is 11.4. The Balaban J connectivity index is 1.30. The van der Waals surface area contributed by atoms with Crippen molar-refractivity contribution in [2.24, 2.45) is 0 Å². The highest BCUT2D eigenvalue weighted by molar-refractivity contribution is 6.59. The Kier molecular flexibility index (Phi) is 11.7. The lowest BCUT2D eigenvalue weighted by molar-refractivity contribution is -0.108. The number of hydrogen-bond acceptors (Lipinski definition) is 3. The van der Waals surface area contributed by atoms with Gasteiger partial charge in [0.1, 0.15) is 23.0 Å². The van der Waals surface area contributed by atoms with Crippen molar-refractivity contribution in [2.75, 3.05) is 0 Å². The standard InChI is InChI=1S/C61H36O3/c1-3-43-33-37-51(38-34-43)63-55-27-13-11-25-53(55)59-57(49-23-15-21-47(41-49)31-29-45-17-7-5-8-18-45)61(62)58(50-24-16-22-48(42-50)32-30-46-19-9-6-10-20-46)60(59)54-26-12-14-28-56(54)64-52-39-35-44(4-2)36-40-52/h1-2,5-28,33-42H. The number of ether oxygens (including phenoxy) is 2. The normalized spacial score (nSPS) is 11.7. The third-order valence-corrected chi connectivity index (χ3v) is 10.6. The van der Waals surface area contributed by atoms with Gasteiger partial charge in [-0.15, -0.1) is 12.8 Å². The molecule has 0 amide bonds. The Bertz CT molecular complexity index is 3110. The monoisotopic (exact) mass is 816 g/mol. The third-order valence-electron chi connectivity index (χ3n) is 10.6. The minimum atomic E-state index is -0.173. The van der Waals surface area contributed by atoms with Crippen LogP contribution in [0, 0.1) is 48.4 Å². The molecule has 0 aliphatic heterocycles. The molecule has 0 unspecified atom stereocenters. The summed E-state index contributed by atoms with van der Waals surface area (Å²) in [7, 11) is 0. The van der Waals surface area contributed by atoms with E-state index in [-0.39, 0.29) is 5.78 Å². The van der Waals surface area contributed by atoms with Crippen LogP contribution in [0.5, 0.6) is 23.0 Å². The van der Waals surface area contributed by atoms with Gasteiger partial charge in [-0.05, 0) is 120 Å². The Morgan fingerprint density at radius 2 is 0.688 bits per heavy atom. The number of hydrogen-bond donors (Lipinski definition) is 0. The van der Waals surface area contributed by atoms with Crippen LogP contribution < -0.4 is 9.47 Å². The highest BCUT2D eigenvalue weighted by Gasteiger charge is 2.38. The van der Waals surface area contributed by atoms with Crippen LogP contribution in [-0.2, 0) is 4.79 Å². The van der Waals surface area contributed by atoms with E-state index < -0.39 is 0 Å². The summed E-state index contributed by atoms with van der Waals surface area (Å²) >= 11 is 0. The quantitative estimate of drug-likeness (QED) is 0.143. The van der Waals surface area contributed by atoms with Crippen molar-refractivity contribution in [1.29, 1.82) is 0 Å². The van der Waals surface area contributed by atoms with Gasteiger partial charge in [0, 0.05) is 66.8 Å². The molecule has 8 aromatic rings. The Hall–Kier alpha value is -9.25. The lowest BCUT2D eigenvalue weighted by Crippen LogP contribution is -2.03. The molecule has 0 spiro atoms. The fourth-order valence-corrected chi connectivity index (χ4v) is 7.54. The van der Waals surface area contributed by atoms with E-state index >= 15 is 4.79 Å². The predicted octanol–water partition coefficient (Wildman–Crippen LogP) is 13.1. The van der Waals surface area contributed by atoms with Gasteiger partial charge in [0.15, 0.2) is 5.78 Å². The van der Waals surface area contributed by atoms with Gasteiger partial charge in [-0.1, -0.05) is 133 Å². The third kappa shape index (κ3) is 8.79. The molecule has 0 N–H and O–H groups in total. The summed E-state index contributed by atoms with van der Waals surface area (Å²) in [4.78, 5) is 15.8. The molecule has 8 aromatic carbocycles. The maximum atomic E-state index is 15.8. The number of benzene rings is 8. The van der Waals surface area contributed by atoms with Crippen LogP contribution in [-0.4, -0.2) is 5.78 Å². The molecule has 3 heteroatoms. The van der Waals surface area contributed by atoms with Crippen LogP contribution in [0.2, 0.25) is 0 Å². The lowest BCUT2D eigenvalue weighted by atomic mass is 9.88. The fraction of sp³-hybridized carbons (Fsp3) is 0. The van der Waals surface area contributed by atoms with Gasteiger partial charge in [-0.3, -0.25) is 4.79 Å². The van der Waals surface area contributed by atoms with Gasteiger partial charge in [0.2, 0.25) is 0 Å². The number of rotatable bonds is 8. The highest BCUT2D eigenvalue weighted by atomic mass is 16.5. The van der Waals surface area contributed by atoms with E-state index in [2.05, 4.69) is 35.5 Å². The van der Waals surface area contributed by atoms with E-state index in [4.69, 9.17) is 22.3 Å². The minimum Gasteiger partial charge on any atom is -0.457 e. The van der Waals surface area contributed by atoms with E-state index in [1.165, 1.54) is 0 Å². The Morgan fingerprint density at radius 3 is 1.09 bits per heavy atom. The first-order valence-corrected chi connectivity index (χ1v) is 20.6. The van der Waals surface area contributed by atoms with Gasteiger partial charge in [-0.2, -0.15) is 0 Å². The number of carbonyl (C=O) groups excluding carboxylic acids is 1. The minimum absolute atomic E-state index is 0.173. The van der Waals surface area contributed by atoms with Crippen LogP contribution in [0.3, 0.4) is 0 Å². The topological polar surface area (TPSA) is 35.5 Å². The van der Waals surface area contributed by atoms with Crippen LogP contribution in [0.4, 0.5) is 0 Å². The first kappa shape index (κ1) is 40.2. The molecule has 0 saturated heterocycles. The summed E-state index contributed by atoms with van der Waals surface area (Å²) in [6.45, 7) is 0. The maximum Gasteiger partial charge on any atom is 0.195 e. The summed E-state index contributed by atoms with van der Waals surface area (Å²) < 4.78 is 13.4. The van der Waals surface area contributed by atoms with E-state index in [0.29, 0.717) is 67.5 Å². The molecule has 3 nitrogen and oxygen atoms in total. The van der Waals surface area contributed by atoms with Crippen molar-refractivity contribution in [2.45, 2.75) is 0 Å². The van der Waals surface area contributed by atoms with Crippen molar-refractivity contribution in [3.63, 3.8) is 0 Å².